The standard InChI is InChI=1S/C17H19N3O4/c1-17(12-4-5-12)15(22)20(16(23)19-17)9-13(21)10-24-14-6-2-11(8-18)3-7-14/h2-3,6-7,12-13,21H,4-5,9-10H2,1H3,(H,19,23)/t13-,17-/m1/s1. The largest absolute Gasteiger partial charge is 0.491 e. The molecule has 2 atom stereocenters. The molecule has 2 aliphatic rings. The van der Waals surface area contributed by atoms with Crippen LogP contribution in [0.2, 0.25) is 0 Å². The smallest absolute Gasteiger partial charge is 0.325 e. The summed E-state index contributed by atoms with van der Waals surface area (Å²) in [5.41, 5.74) is -0.327. The highest BCUT2D eigenvalue weighted by Crippen LogP contribution is 2.42. The zero-order chi connectivity index (χ0) is 17.3. The van der Waals surface area contributed by atoms with Crippen molar-refractivity contribution < 1.29 is 19.4 Å². The maximum atomic E-state index is 12.5. The first kappa shape index (κ1) is 16.3. The van der Waals surface area contributed by atoms with Crippen molar-refractivity contribution in [1.29, 1.82) is 5.26 Å². The fourth-order valence-electron chi connectivity index (χ4n) is 2.90. The maximum Gasteiger partial charge on any atom is 0.325 e. The molecule has 1 saturated heterocycles. The fraction of sp³-hybridized carbons (Fsp3) is 0.471. The van der Waals surface area contributed by atoms with Crippen LogP contribution in [0, 0.1) is 17.2 Å². The number of hydrogen-bond donors (Lipinski definition) is 2. The van der Waals surface area contributed by atoms with Gasteiger partial charge in [0.25, 0.3) is 5.91 Å². The first-order chi connectivity index (χ1) is 11.4. The van der Waals surface area contributed by atoms with E-state index >= 15 is 0 Å². The normalized spacial score (nSPS) is 24.5. The van der Waals surface area contributed by atoms with Crippen molar-refractivity contribution in [3.8, 4) is 11.8 Å². The second kappa shape index (κ2) is 6.13. The van der Waals surface area contributed by atoms with Crippen molar-refractivity contribution in [1.82, 2.24) is 10.2 Å². The van der Waals surface area contributed by atoms with Gasteiger partial charge in [-0.25, -0.2) is 4.79 Å². The lowest BCUT2D eigenvalue weighted by Gasteiger charge is -2.22. The Hall–Kier alpha value is -2.59. The van der Waals surface area contributed by atoms with E-state index in [1.807, 2.05) is 6.07 Å². The number of amides is 3. The lowest BCUT2D eigenvalue weighted by atomic mass is 9.96. The molecule has 0 spiro atoms. The van der Waals surface area contributed by atoms with E-state index in [1.54, 1.807) is 31.2 Å². The molecule has 0 radical (unpaired) electrons. The average molecular weight is 329 g/mol. The minimum Gasteiger partial charge on any atom is -0.491 e. The van der Waals surface area contributed by atoms with Crippen molar-refractivity contribution in [2.24, 2.45) is 5.92 Å². The summed E-state index contributed by atoms with van der Waals surface area (Å²) in [6, 6.07) is 8.02. The van der Waals surface area contributed by atoms with Gasteiger partial charge in [-0.3, -0.25) is 9.69 Å². The number of urea groups is 1. The Morgan fingerprint density at radius 1 is 1.42 bits per heavy atom. The van der Waals surface area contributed by atoms with E-state index in [0.717, 1.165) is 17.7 Å². The molecule has 2 N–H and O–H groups in total. The van der Waals surface area contributed by atoms with E-state index in [1.165, 1.54) is 0 Å². The number of imide groups is 1. The van der Waals surface area contributed by atoms with Crippen LogP contribution in [0.25, 0.3) is 0 Å². The third-order valence-electron chi connectivity index (χ3n) is 4.51. The molecule has 1 aromatic rings. The molecule has 3 rings (SSSR count). The highest BCUT2D eigenvalue weighted by atomic mass is 16.5. The summed E-state index contributed by atoms with van der Waals surface area (Å²) in [7, 11) is 0. The van der Waals surface area contributed by atoms with Crippen molar-refractivity contribution in [2.75, 3.05) is 13.2 Å². The quantitative estimate of drug-likeness (QED) is 0.759. The highest BCUT2D eigenvalue weighted by molar-refractivity contribution is 6.07. The summed E-state index contributed by atoms with van der Waals surface area (Å²) in [5.74, 6) is 0.409. The third-order valence-corrected chi connectivity index (χ3v) is 4.51. The minimum absolute atomic E-state index is 0.0525. The van der Waals surface area contributed by atoms with Crippen LogP contribution < -0.4 is 10.1 Å². The van der Waals surface area contributed by atoms with Crippen LogP contribution in [-0.2, 0) is 4.79 Å². The van der Waals surface area contributed by atoms with E-state index in [-0.39, 0.29) is 25.0 Å². The van der Waals surface area contributed by atoms with E-state index in [9.17, 15) is 14.7 Å². The number of carbonyl (C=O) groups excluding carboxylic acids is 2. The number of aliphatic hydroxyl groups excluding tert-OH is 1. The fourth-order valence-corrected chi connectivity index (χ4v) is 2.90. The molecule has 126 valence electrons. The van der Waals surface area contributed by atoms with E-state index in [2.05, 4.69) is 5.32 Å². The van der Waals surface area contributed by atoms with Crippen molar-refractivity contribution in [3.63, 3.8) is 0 Å². The van der Waals surface area contributed by atoms with Gasteiger partial charge >= 0.3 is 6.03 Å². The summed E-state index contributed by atoms with van der Waals surface area (Å²) in [6.45, 7) is 1.58. The number of ether oxygens (including phenoxy) is 1. The van der Waals surface area contributed by atoms with Gasteiger partial charge in [-0.15, -0.1) is 0 Å². The predicted octanol–water partition coefficient (Wildman–Crippen LogP) is 1.02. The summed E-state index contributed by atoms with van der Waals surface area (Å²) in [6.07, 6.45) is 0.874. The van der Waals surface area contributed by atoms with Crippen LogP contribution in [0.5, 0.6) is 5.75 Å². The molecular formula is C17H19N3O4. The van der Waals surface area contributed by atoms with Gasteiger partial charge in [0.05, 0.1) is 18.2 Å². The molecule has 1 aromatic carbocycles. The average Bonchev–Trinajstić information content (AvgIpc) is 3.40. The molecule has 24 heavy (non-hydrogen) atoms. The molecule has 0 bridgehead atoms. The molecule has 7 heteroatoms. The van der Waals surface area contributed by atoms with Gasteiger partial charge in [0.15, 0.2) is 0 Å². The first-order valence-electron chi connectivity index (χ1n) is 7.89. The number of rotatable bonds is 6. The third kappa shape index (κ3) is 3.05. The molecule has 1 saturated carbocycles. The Morgan fingerprint density at radius 2 is 2.08 bits per heavy atom. The van der Waals surface area contributed by atoms with Crippen LogP contribution in [0.15, 0.2) is 24.3 Å². The number of benzene rings is 1. The maximum absolute atomic E-state index is 12.5. The SMILES string of the molecule is C[C@]1(C2CC2)NC(=O)N(C[C@@H](O)COc2ccc(C#N)cc2)C1=O. The summed E-state index contributed by atoms with van der Waals surface area (Å²) >= 11 is 0. The lowest BCUT2D eigenvalue weighted by molar-refractivity contribution is -0.132. The van der Waals surface area contributed by atoms with Crippen LogP contribution in [0.4, 0.5) is 4.79 Å². The van der Waals surface area contributed by atoms with Gasteiger partial charge in [0.1, 0.15) is 24.0 Å². The van der Waals surface area contributed by atoms with Gasteiger partial charge in [-0.1, -0.05) is 0 Å². The Bertz CT molecular complexity index is 693. The molecule has 0 aromatic heterocycles. The van der Waals surface area contributed by atoms with Crippen LogP contribution >= 0.6 is 0 Å². The number of carbonyl (C=O) groups is 2. The molecule has 2 fully saturated rings. The Morgan fingerprint density at radius 3 is 2.67 bits per heavy atom. The Labute approximate surface area is 139 Å². The van der Waals surface area contributed by atoms with Gasteiger partial charge in [-0.2, -0.15) is 5.26 Å². The first-order valence-corrected chi connectivity index (χ1v) is 7.89. The van der Waals surface area contributed by atoms with E-state index in [4.69, 9.17) is 10.00 Å². The number of β-amino-alcohol motifs (C(OH)–C–C–N with tert-alkyl or cyclic N) is 1. The van der Waals surface area contributed by atoms with Gasteiger partial charge in [0, 0.05) is 0 Å². The lowest BCUT2D eigenvalue weighted by Crippen LogP contribution is -2.46. The monoisotopic (exact) mass is 329 g/mol. The van der Waals surface area contributed by atoms with Crippen LogP contribution in [0.3, 0.4) is 0 Å². The summed E-state index contributed by atoms with van der Waals surface area (Å²) in [4.78, 5) is 25.5. The number of nitriles is 1. The number of aliphatic hydroxyl groups is 1. The molecule has 0 unspecified atom stereocenters. The minimum atomic E-state index is -0.989. The molecule has 1 heterocycles. The molecule has 1 aliphatic carbocycles. The predicted molar refractivity (Wildman–Crippen MR) is 84.0 cm³/mol. The number of nitrogens with one attached hydrogen (secondary N) is 1. The number of hydrogen-bond acceptors (Lipinski definition) is 5. The molecule has 3 amide bonds. The van der Waals surface area contributed by atoms with E-state index < -0.39 is 17.7 Å². The number of nitrogens with zero attached hydrogens (tertiary/aromatic N) is 2. The van der Waals surface area contributed by atoms with Crippen LogP contribution in [-0.4, -0.2) is 46.7 Å². The van der Waals surface area contributed by atoms with Crippen molar-refractivity contribution in [2.45, 2.75) is 31.4 Å². The van der Waals surface area contributed by atoms with Gasteiger partial charge in [0.2, 0.25) is 0 Å². The highest BCUT2D eigenvalue weighted by Gasteiger charge is 2.56. The summed E-state index contributed by atoms with van der Waals surface area (Å²) < 4.78 is 5.43. The molecular weight excluding hydrogens is 310 g/mol. The topological polar surface area (TPSA) is 103 Å². The molecule has 7 nitrogen and oxygen atoms in total. The van der Waals surface area contributed by atoms with Crippen molar-refractivity contribution in [3.05, 3.63) is 29.8 Å². The van der Waals surface area contributed by atoms with Crippen molar-refractivity contribution >= 4 is 11.9 Å². The Kier molecular flexibility index (Phi) is 4.16. The van der Waals surface area contributed by atoms with E-state index in [0.29, 0.717) is 11.3 Å². The van der Waals surface area contributed by atoms with Crippen LogP contribution in [0.1, 0.15) is 25.3 Å². The van der Waals surface area contributed by atoms with Gasteiger partial charge in [-0.05, 0) is 49.9 Å². The Balaban J connectivity index is 1.54. The second-order valence-electron chi connectivity index (χ2n) is 6.42. The molecule has 1 aliphatic heterocycles. The second-order valence-corrected chi connectivity index (χ2v) is 6.42. The zero-order valence-corrected chi connectivity index (χ0v) is 13.4. The summed E-state index contributed by atoms with van der Waals surface area (Å²) in [5, 5.41) is 21.6. The van der Waals surface area contributed by atoms with Gasteiger partial charge < -0.3 is 15.2 Å². The zero-order valence-electron chi connectivity index (χ0n) is 13.4.